The Balaban J connectivity index is 2.04. The summed E-state index contributed by atoms with van der Waals surface area (Å²) in [5, 5.41) is 14.3. The van der Waals surface area contributed by atoms with Crippen molar-refractivity contribution in [3.05, 3.63) is 63.1 Å². The zero-order chi connectivity index (χ0) is 21.3. The van der Waals surface area contributed by atoms with Gasteiger partial charge in [-0.1, -0.05) is 29.8 Å². The maximum atomic E-state index is 13.0. The minimum Gasteiger partial charge on any atom is -0.495 e. The Morgan fingerprint density at radius 3 is 2.45 bits per heavy atom. The van der Waals surface area contributed by atoms with Crippen molar-refractivity contribution >= 4 is 96.7 Å². The number of thiophene rings is 1. The summed E-state index contributed by atoms with van der Waals surface area (Å²) >= 11 is 7.64. The SMILES string of the molecule is COc1c(I)cc(I)c(C(=O)Nc2csc(-c3cccc(C)c3)c2C(=O)O)c1I. The lowest BCUT2D eigenvalue weighted by atomic mass is 10.1. The number of carboxylic acids is 1. The summed E-state index contributed by atoms with van der Waals surface area (Å²) in [6, 6.07) is 9.50. The summed E-state index contributed by atoms with van der Waals surface area (Å²) in [4.78, 5) is 25.6. The van der Waals surface area contributed by atoms with Gasteiger partial charge in [-0.3, -0.25) is 4.79 Å². The number of amides is 1. The minimum atomic E-state index is -1.08. The van der Waals surface area contributed by atoms with Gasteiger partial charge in [0.05, 0.1) is 30.4 Å². The first-order chi connectivity index (χ1) is 13.7. The van der Waals surface area contributed by atoms with Crippen LogP contribution in [0, 0.1) is 17.6 Å². The van der Waals surface area contributed by atoms with Gasteiger partial charge in [0.15, 0.2) is 0 Å². The molecule has 9 heteroatoms. The third kappa shape index (κ3) is 4.71. The van der Waals surface area contributed by atoms with E-state index in [-0.39, 0.29) is 17.2 Å². The summed E-state index contributed by atoms with van der Waals surface area (Å²) in [6.45, 7) is 1.95. The van der Waals surface area contributed by atoms with Gasteiger partial charge in [0.1, 0.15) is 11.3 Å². The quantitative estimate of drug-likeness (QED) is 0.293. The average molecular weight is 745 g/mol. The fourth-order valence-electron chi connectivity index (χ4n) is 2.81. The molecule has 0 atom stereocenters. The molecule has 150 valence electrons. The molecule has 0 aliphatic carbocycles. The van der Waals surface area contributed by atoms with Crippen LogP contribution in [0.15, 0.2) is 35.7 Å². The van der Waals surface area contributed by atoms with Crippen molar-refractivity contribution in [1.29, 1.82) is 0 Å². The summed E-state index contributed by atoms with van der Waals surface area (Å²) in [7, 11) is 1.56. The highest BCUT2D eigenvalue weighted by Crippen LogP contribution is 2.38. The fraction of sp³-hybridized carbons (Fsp3) is 0.100. The monoisotopic (exact) mass is 745 g/mol. The second kappa shape index (κ2) is 9.47. The van der Waals surface area contributed by atoms with E-state index in [2.05, 4.69) is 73.1 Å². The van der Waals surface area contributed by atoms with Crippen molar-refractivity contribution in [2.75, 3.05) is 12.4 Å². The first kappa shape index (κ1) is 22.7. The van der Waals surface area contributed by atoms with Crippen molar-refractivity contribution < 1.29 is 19.4 Å². The Bertz CT molecular complexity index is 1130. The van der Waals surface area contributed by atoms with E-state index in [0.29, 0.717) is 19.8 Å². The van der Waals surface area contributed by atoms with Gasteiger partial charge in [-0.15, -0.1) is 11.3 Å². The van der Waals surface area contributed by atoms with Crippen molar-refractivity contribution in [3.8, 4) is 16.2 Å². The van der Waals surface area contributed by atoms with Gasteiger partial charge in [-0.05, 0) is 86.3 Å². The van der Waals surface area contributed by atoms with E-state index >= 15 is 0 Å². The lowest BCUT2D eigenvalue weighted by Crippen LogP contribution is -2.17. The number of methoxy groups -OCH3 is 1. The number of carboxylic acid groups (broad SMARTS) is 1. The van der Waals surface area contributed by atoms with Crippen LogP contribution in [-0.2, 0) is 0 Å². The molecule has 0 fully saturated rings. The highest BCUT2D eigenvalue weighted by Gasteiger charge is 2.25. The van der Waals surface area contributed by atoms with Crippen LogP contribution < -0.4 is 10.1 Å². The summed E-state index contributed by atoms with van der Waals surface area (Å²) in [6.07, 6.45) is 0. The molecule has 29 heavy (non-hydrogen) atoms. The van der Waals surface area contributed by atoms with Crippen molar-refractivity contribution in [2.24, 2.45) is 0 Å². The second-order valence-electron chi connectivity index (χ2n) is 6.04. The summed E-state index contributed by atoms with van der Waals surface area (Å²) in [5.41, 5.74) is 2.69. The van der Waals surface area contributed by atoms with Crippen LogP contribution in [0.25, 0.3) is 10.4 Å². The van der Waals surface area contributed by atoms with E-state index in [1.807, 2.05) is 37.3 Å². The van der Waals surface area contributed by atoms with Crippen LogP contribution in [0.2, 0.25) is 0 Å². The lowest BCUT2D eigenvalue weighted by Gasteiger charge is -2.13. The molecule has 0 saturated carbocycles. The number of rotatable bonds is 5. The number of carbonyl (C=O) groups is 2. The molecule has 3 aromatic rings. The van der Waals surface area contributed by atoms with Gasteiger partial charge < -0.3 is 15.2 Å². The number of benzene rings is 2. The number of hydrogen-bond donors (Lipinski definition) is 2. The lowest BCUT2D eigenvalue weighted by molar-refractivity contribution is 0.0699. The van der Waals surface area contributed by atoms with Crippen LogP contribution in [0.5, 0.6) is 5.75 Å². The molecule has 3 rings (SSSR count). The highest BCUT2D eigenvalue weighted by molar-refractivity contribution is 14.1. The predicted octanol–water partition coefficient (Wildman–Crippen LogP) is 6.50. The standard InChI is InChI=1S/C20H14I3NO4S/c1-9-4-3-5-10(6-9)18-15(20(26)27)13(8-29-18)24-19(25)14-11(21)7-12(22)17(28-2)16(14)23/h3-8H,1-2H3,(H,24,25)(H,26,27). The van der Waals surface area contributed by atoms with Crippen LogP contribution in [0.1, 0.15) is 26.3 Å². The Morgan fingerprint density at radius 2 is 1.83 bits per heavy atom. The predicted molar refractivity (Wildman–Crippen MR) is 141 cm³/mol. The molecule has 0 aliphatic heterocycles. The zero-order valence-corrected chi connectivity index (χ0v) is 22.5. The Labute approximate surface area is 212 Å². The van der Waals surface area contributed by atoms with Crippen LogP contribution >= 0.6 is 79.1 Å². The molecule has 0 aliphatic rings. The first-order valence-corrected chi connectivity index (χ1v) is 12.3. The number of carbonyl (C=O) groups excluding carboxylic acids is 1. The number of aromatic carboxylic acids is 1. The van der Waals surface area contributed by atoms with Crippen LogP contribution in [0.3, 0.4) is 0 Å². The molecule has 2 aromatic carbocycles. The van der Waals surface area contributed by atoms with Gasteiger partial charge in [0.25, 0.3) is 5.91 Å². The zero-order valence-electron chi connectivity index (χ0n) is 15.2. The molecule has 2 N–H and O–H groups in total. The minimum absolute atomic E-state index is 0.0939. The molecule has 1 amide bonds. The van der Waals surface area contributed by atoms with Gasteiger partial charge in [0, 0.05) is 8.95 Å². The molecule has 0 bridgehead atoms. The van der Waals surface area contributed by atoms with E-state index in [1.165, 1.54) is 11.3 Å². The molecular formula is C20H14I3NO4S. The van der Waals surface area contributed by atoms with Gasteiger partial charge in [0.2, 0.25) is 0 Å². The first-order valence-electron chi connectivity index (χ1n) is 8.19. The number of anilines is 1. The molecule has 1 aromatic heterocycles. The largest absolute Gasteiger partial charge is 0.495 e. The molecule has 0 unspecified atom stereocenters. The van der Waals surface area contributed by atoms with E-state index in [0.717, 1.165) is 18.3 Å². The van der Waals surface area contributed by atoms with Gasteiger partial charge in [-0.25, -0.2) is 4.79 Å². The van der Waals surface area contributed by atoms with E-state index in [1.54, 1.807) is 12.5 Å². The molecule has 0 radical (unpaired) electrons. The van der Waals surface area contributed by atoms with Crippen molar-refractivity contribution in [1.82, 2.24) is 0 Å². The number of aryl methyl sites for hydroxylation is 1. The fourth-order valence-corrected chi connectivity index (χ4v) is 8.11. The average Bonchev–Trinajstić information content (AvgIpc) is 3.05. The van der Waals surface area contributed by atoms with Gasteiger partial charge >= 0.3 is 5.97 Å². The molecule has 0 saturated heterocycles. The van der Waals surface area contributed by atoms with Gasteiger partial charge in [-0.2, -0.15) is 0 Å². The topological polar surface area (TPSA) is 75.6 Å². The third-order valence-corrected chi connectivity index (χ3v) is 7.80. The Kier molecular flexibility index (Phi) is 7.43. The van der Waals surface area contributed by atoms with E-state index in [4.69, 9.17) is 4.74 Å². The van der Waals surface area contributed by atoms with Crippen molar-refractivity contribution in [3.63, 3.8) is 0 Å². The number of nitrogens with one attached hydrogen (secondary N) is 1. The maximum Gasteiger partial charge on any atom is 0.339 e. The highest BCUT2D eigenvalue weighted by atomic mass is 127. The number of halogens is 3. The third-order valence-electron chi connectivity index (χ3n) is 4.09. The van der Waals surface area contributed by atoms with E-state index < -0.39 is 5.97 Å². The Hall–Kier alpha value is -0.930. The number of hydrogen-bond acceptors (Lipinski definition) is 4. The number of ether oxygens (including phenoxy) is 1. The molecule has 0 spiro atoms. The summed E-state index contributed by atoms with van der Waals surface area (Å²) < 4.78 is 7.77. The second-order valence-corrected chi connectivity index (χ2v) is 10.3. The van der Waals surface area contributed by atoms with Crippen molar-refractivity contribution in [2.45, 2.75) is 6.92 Å². The molecular weight excluding hydrogens is 731 g/mol. The Morgan fingerprint density at radius 1 is 1.10 bits per heavy atom. The summed E-state index contributed by atoms with van der Waals surface area (Å²) in [5.74, 6) is -0.826. The molecule has 5 nitrogen and oxygen atoms in total. The normalized spacial score (nSPS) is 10.7. The molecule has 1 heterocycles. The van der Waals surface area contributed by atoms with Crippen LogP contribution in [0.4, 0.5) is 5.69 Å². The maximum absolute atomic E-state index is 13.0. The van der Waals surface area contributed by atoms with E-state index in [9.17, 15) is 14.7 Å². The van der Waals surface area contributed by atoms with Crippen LogP contribution in [-0.4, -0.2) is 24.1 Å². The smallest absolute Gasteiger partial charge is 0.339 e.